The van der Waals surface area contributed by atoms with Crippen molar-refractivity contribution in [1.29, 1.82) is 0 Å². The van der Waals surface area contributed by atoms with Crippen LogP contribution < -0.4 is 20.3 Å². The van der Waals surface area contributed by atoms with Crippen molar-refractivity contribution in [3.05, 3.63) is 42.1 Å². The van der Waals surface area contributed by atoms with E-state index < -0.39 is 24.4 Å². The van der Waals surface area contributed by atoms with E-state index in [0.29, 0.717) is 11.4 Å². The number of hydrogen-bond acceptors (Lipinski definition) is 10. The predicted octanol–water partition coefficient (Wildman–Crippen LogP) is 1.90. The Morgan fingerprint density at radius 1 is 1.28 bits per heavy atom. The van der Waals surface area contributed by atoms with E-state index in [4.69, 9.17) is 25.8 Å². The third-order valence-corrected chi connectivity index (χ3v) is 6.21. The molecule has 0 bridgehead atoms. The van der Waals surface area contributed by atoms with Crippen LogP contribution in [0.3, 0.4) is 0 Å². The monoisotopic (exact) mass is 518 g/mol. The zero-order valence-corrected chi connectivity index (χ0v) is 21.2. The van der Waals surface area contributed by atoms with Crippen molar-refractivity contribution in [2.24, 2.45) is 0 Å². The van der Waals surface area contributed by atoms with Crippen LogP contribution in [0.1, 0.15) is 0 Å². The van der Waals surface area contributed by atoms with Gasteiger partial charge >= 0.3 is 0 Å². The first-order valence-corrected chi connectivity index (χ1v) is 11.9. The van der Waals surface area contributed by atoms with Gasteiger partial charge in [-0.25, -0.2) is 4.98 Å². The van der Waals surface area contributed by atoms with Gasteiger partial charge in [-0.05, 0) is 38.4 Å². The summed E-state index contributed by atoms with van der Waals surface area (Å²) in [5.41, 5.74) is 2.12. The minimum Gasteiger partial charge on any atom is -0.468 e. The van der Waals surface area contributed by atoms with Crippen molar-refractivity contribution in [2.45, 2.75) is 24.4 Å². The molecule has 2 aromatic rings. The number of aliphatic hydroxyl groups excluding tert-OH is 1. The predicted molar refractivity (Wildman–Crippen MR) is 137 cm³/mol. The lowest BCUT2D eigenvalue weighted by Gasteiger charge is -2.24. The van der Waals surface area contributed by atoms with Crippen molar-refractivity contribution >= 4 is 40.5 Å². The second-order valence-electron chi connectivity index (χ2n) is 8.94. The minimum absolute atomic E-state index is 0.175. The second kappa shape index (κ2) is 11.4. The summed E-state index contributed by atoms with van der Waals surface area (Å²) >= 11 is 6.28. The number of anilines is 4. The Morgan fingerprint density at radius 2 is 2.06 bits per heavy atom. The molecule has 2 saturated heterocycles. The fourth-order valence-corrected chi connectivity index (χ4v) is 4.15. The van der Waals surface area contributed by atoms with Gasteiger partial charge in [0.15, 0.2) is 6.10 Å². The molecule has 194 valence electrons. The van der Waals surface area contributed by atoms with E-state index in [1.807, 2.05) is 33.3 Å². The molecule has 4 rings (SSSR count). The van der Waals surface area contributed by atoms with E-state index in [0.717, 1.165) is 18.8 Å². The smallest absolute Gasteiger partial charge is 0.247 e. The fraction of sp³-hybridized carbons (Fsp3) is 0.458. The van der Waals surface area contributed by atoms with Gasteiger partial charge in [0, 0.05) is 25.8 Å². The van der Waals surface area contributed by atoms with Gasteiger partial charge in [0.2, 0.25) is 17.7 Å². The fourth-order valence-electron chi connectivity index (χ4n) is 4.01. The number of aliphatic hydroxyl groups is 1. The van der Waals surface area contributed by atoms with Gasteiger partial charge in [0.05, 0.1) is 30.8 Å². The molecule has 0 spiro atoms. The summed E-state index contributed by atoms with van der Waals surface area (Å²) in [6.45, 7) is 5.61. The van der Waals surface area contributed by atoms with Gasteiger partial charge < -0.3 is 39.8 Å². The number of nitrogens with zero attached hydrogens (tertiary/aromatic N) is 4. The highest BCUT2D eigenvalue weighted by Gasteiger charge is 2.48. The molecule has 1 amide bonds. The van der Waals surface area contributed by atoms with Crippen molar-refractivity contribution in [1.82, 2.24) is 14.9 Å². The third kappa shape index (κ3) is 6.05. The molecule has 1 aromatic carbocycles. The topological polar surface area (TPSA) is 121 Å². The van der Waals surface area contributed by atoms with Crippen LogP contribution in [0.25, 0.3) is 0 Å². The first kappa shape index (κ1) is 26.1. The number of carbonyl (C=O) groups excluding carboxylic acids is 1. The number of aromatic nitrogens is 2. The summed E-state index contributed by atoms with van der Waals surface area (Å²) in [7, 11) is 5.98. The molecular weight excluding hydrogens is 488 g/mol. The summed E-state index contributed by atoms with van der Waals surface area (Å²) in [6.07, 6.45) is 0.711. The van der Waals surface area contributed by atoms with Gasteiger partial charge in [-0.3, -0.25) is 4.79 Å². The van der Waals surface area contributed by atoms with E-state index in [-0.39, 0.29) is 36.0 Å². The number of rotatable bonds is 10. The van der Waals surface area contributed by atoms with Gasteiger partial charge in [-0.2, -0.15) is 4.98 Å². The largest absolute Gasteiger partial charge is 0.468 e. The quantitative estimate of drug-likeness (QED) is 0.402. The van der Waals surface area contributed by atoms with E-state index in [9.17, 15) is 9.90 Å². The van der Waals surface area contributed by atoms with E-state index >= 15 is 0 Å². The minimum atomic E-state index is -0.678. The average molecular weight is 519 g/mol. The standard InChI is InChI=1S/C24H31ClN6O5/c1-5-20(33)28-16-10-14(6-7-17(16)31(4)9-8-30(2)3)27-24-26-11-15(25)23(29-24)36-19-13-35-21-18(32)12-34-22(19)21/h5-7,10-11,18-19,21-22,32H,1,8-9,12-13H2,2-4H3,(H,28,33)(H,26,27,29)/t18-,19-,21-,22-/m1/s1. The Morgan fingerprint density at radius 3 is 2.81 bits per heavy atom. The van der Waals surface area contributed by atoms with Gasteiger partial charge in [0.1, 0.15) is 23.3 Å². The summed E-state index contributed by atoms with van der Waals surface area (Å²) in [5, 5.41) is 16.2. The molecule has 3 N–H and O–H groups in total. The molecule has 2 aliphatic heterocycles. The number of carbonyl (C=O) groups is 1. The maximum Gasteiger partial charge on any atom is 0.247 e. The van der Waals surface area contributed by atoms with Crippen LogP contribution >= 0.6 is 11.6 Å². The number of nitrogens with one attached hydrogen (secondary N) is 2. The summed E-state index contributed by atoms with van der Waals surface area (Å²) in [5.74, 6) is 0.116. The third-order valence-electron chi connectivity index (χ3n) is 5.95. The molecule has 0 unspecified atom stereocenters. The van der Waals surface area contributed by atoms with Crippen molar-refractivity contribution in [3.8, 4) is 5.88 Å². The number of halogens is 1. The molecule has 4 atom stereocenters. The Balaban J connectivity index is 1.51. The Hall–Kier alpha value is -2.96. The number of fused-ring (bicyclic) bond motifs is 1. The summed E-state index contributed by atoms with van der Waals surface area (Å²) in [4.78, 5) is 24.9. The molecule has 1 aromatic heterocycles. The van der Waals surface area contributed by atoms with Crippen LogP contribution in [-0.4, -0.2) is 97.7 Å². The highest BCUT2D eigenvalue weighted by molar-refractivity contribution is 6.31. The zero-order chi connectivity index (χ0) is 25.8. The summed E-state index contributed by atoms with van der Waals surface area (Å²) < 4.78 is 17.2. The van der Waals surface area contributed by atoms with Gasteiger partial charge in [-0.15, -0.1) is 0 Å². The lowest BCUT2D eigenvalue weighted by atomic mass is 10.1. The number of likely N-dealkylation sites (N-methyl/N-ethyl adjacent to an activating group) is 2. The first-order chi connectivity index (χ1) is 17.2. The highest BCUT2D eigenvalue weighted by Crippen LogP contribution is 2.33. The molecular formula is C24H31ClN6O5. The van der Waals surface area contributed by atoms with Crippen molar-refractivity contribution < 1.29 is 24.1 Å². The van der Waals surface area contributed by atoms with E-state index in [1.165, 1.54) is 12.3 Å². The normalized spacial score (nSPS) is 22.8. The summed E-state index contributed by atoms with van der Waals surface area (Å²) in [6, 6.07) is 5.57. The van der Waals surface area contributed by atoms with Crippen LogP contribution in [0.4, 0.5) is 23.0 Å². The molecule has 0 radical (unpaired) electrons. The van der Waals surface area contributed by atoms with E-state index in [1.54, 1.807) is 6.07 Å². The molecule has 3 heterocycles. The van der Waals surface area contributed by atoms with Crippen LogP contribution in [0.2, 0.25) is 5.02 Å². The maximum atomic E-state index is 12.1. The molecule has 12 heteroatoms. The molecule has 2 aliphatic rings. The molecule has 0 saturated carbocycles. The van der Waals surface area contributed by atoms with Crippen LogP contribution in [0, 0.1) is 0 Å². The second-order valence-corrected chi connectivity index (χ2v) is 9.35. The maximum absolute atomic E-state index is 12.1. The lowest BCUT2D eigenvalue weighted by Crippen LogP contribution is -2.34. The Kier molecular flexibility index (Phi) is 8.27. The van der Waals surface area contributed by atoms with Crippen LogP contribution in [-0.2, 0) is 14.3 Å². The number of amides is 1. The average Bonchev–Trinajstić information content (AvgIpc) is 3.42. The molecule has 11 nitrogen and oxygen atoms in total. The van der Waals surface area contributed by atoms with Gasteiger partial charge in [0.25, 0.3) is 0 Å². The van der Waals surface area contributed by atoms with E-state index in [2.05, 4.69) is 37.0 Å². The zero-order valence-electron chi connectivity index (χ0n) is 20.5. The number of benzene rings is 1. The molecule has 36 heavy (non-hydrogen) atoms. The highest BCUT2D eigenvalue weighted by atomic mass is 35.5. The molecule has 2 fully saturated rings. The van der Waals surface area contributed by atoms with Crippen LogP contribution in [0.5, 0.6) is 5.88 Å². The Bertz CT molecular complexity index is 1100. The SMILES string of the molecule is C=CC(=O)Nc1cc(Nc2ncc(Cl)c(O[C@@H]3CO[C@H]4[C@@H]3OC[C@H]4O)n2)ccc1N(C)CCN(C)C. The lowest BCUT2D eigenvalue weighted by molar-refractivity contribution is -0.111. The van der Waals surface area contributed by atoms with Crippen molar-refractivity contribution in [3.63, 3.8) is 0 Å². The number of hydrogen-bond donors (Lipinski definition) is 3. The molecule has 0 aliphatic carbocycles. The van der Waals surface area contributed by atoms with Crippen molar-refractivity contribution in [2.75, 3.05) is 63.0 Å². The van der Waals surface area contributed by atoms with Crippen LogP contribution in [0.15, 0.2) is 37.1 Å². The van der Waals surface area contributed by atoms with Gasteiger partial charge in [-0.1, -0.05) is 18.2 Å². The first-order valence-electron chi connectivity index (χ1n) is 11.6. The Labute approximate surface area is 215 Å². The number of ether oxygens (including phenoxy) is 3.